The summed E-state index contributed by atoms with van der Waals surface area (Å²) < 4.78 is 11.5. The van der Waals surface area contributed by atoms with Crippen molar-refractivity contribution in [1.29, 1.82) is 0 Å². The van der Waals surface area contributed by atoms with Crippen LogP contribution in [0.1, 0.15) is 29.2 Å². The number of halogens is 1. The van der Waals surface area contributed by atoms with E-state index in [-0.39, 0.29) is 24.0 Å². The molecule has 0 saturated carbocycles. The lowest BCUT2D eigenvalue weighted by molar-refractivity contribution is 0.217. The number of hydrogen-bond acceptors (Lipinski definition) is 5. The van der Waals surface area contributed by atoms with Crippen LogP contribution in [-0.4, -0.2) is 51.3 Å². The van der Waals surface area contributed by atoms with Crippen LogP contribution in [0.4, 0.5) is 0 Å². The number of nitrogens with zero attached hydrogens (tertiary/aromatic N) is 2. The summed E-state index contributed by atoms with van der Waals surface area (Å²) in [5.41, 5.74) is 1.10. The predicted molar refractivity (Wildman–Crippen MR) is 138 cm³/mol. The molecule has 1 aromatic carbocycles. The lowest BCUT2D eigenvalue weighted by Gasteiger charge is -2.19. The first kappa shape index (κ1) is 26.5. The van der Waals surface area contributed by atoms with Gasteiger partial charge in [0.25, 0.3) is 0 Å². The monoisotopic (exact) mass is 546 g/mol. The molecule has 30 heavy (non-hydrogen) atoms. The van der Waals surface area contributed by atoms with E-state index in [1.54, 1.807) is 25.5 Å². The zero-order valence-corrected chi connectivity index (χ0v) is 21.8. The number of nitrogens with one attached hydrogen (secondary N) is 2. The molecule has 0 aliphatic rings. The van der Waals surface area contributed by atoms with E-state index < -0.39 is 0 Å². The predicted octanol–water partition coefficient (Wildman–Crippen LogP) is 4.27. The summed E-state index contributed by atoms with van der Waals surface area (Å²) >= 11 is 1.79. The zero-order valence-electron chi connectivity index (χ0n) is 18.7. The van der Waals surface area contributed by atoms with Crippen LogP contribution in [0.2, 0.25) is 0 Å². The topological polar surface area (TPSA) is 58.1 Å². The molecule has 0 saturated heterocycles. The van der Waals surface area contributed by atoms with Crippen LogP contribution in [0.5, 0.6) is 11.5 Å². The Morgan fingerprint density at radius 2 is 1.80 bits per heavy atom. The molecule has 0 unspecified atom stereocenters. The van der Waals surface area contributed by atoms with Gasteiger partial charge < -0.3 is 25.0 Å². The second-order valence-corrected chi connectivity index (χ2v) is 8.02. The van der Waals surface area contributed by atoms with E-state index in [1.807, 2.05) is 12.1 Å². The molecule has 2 rings (SSSR count). The summed E-state index contributed by atoms with van der Waals surface area (Å²) in [7, 11) is 3.45. The summed E-state index contributed by atoms with van der Waals surface area (Å²) in [6, 6.07) is 10.3. The number of methoxy groups -OCH3 is 1. The fourth-order valence-electron chi connectivity index (χ4n) is 2.92. The molecule has 8 heteroatoms. The number of rotatable bonds is 11. The van der Waals surface area contributed by atoms with Crippen molar-refractivity contribution in [2.24, 2.45) is 4.99 Å². The van der Waals surface area contributed by atoms with Gasteiger partial charge in [-0.3, -0.25) is 4.99 Å². The molecule has 1 heterocycles. The number of likely N-dealkylation sites (N-methyl/N-ethyl adjacent to an activating group) is 1. The van der Waals surface area contributed by atoms with Crippen molar-refractivity contribution in [2.75, 3.05) is 40.4 Å². The highest BCUT2D eigenvalue weighted by molar-refractivity contribution is 14.0. The third-order valence-corrected chi connectivity index (χ3v) is 5.70. The first-order valence-corrected chi connectivity index (χ1v) is 10.9. The minimum absolute atomic E-state index is 0. The molecule has 0 amide bonds. The number of thiophene rings is 1. The second kappa shape index (κ2) is 14.5. The number of hydrogen-bond donors (Lipinski definition) is 2. The van der Waals surface area contributed by atoms with Crippen LogP contribution in [-0.2, 0) is 13.1 Å². The van der Waals surface area contributed by atoms with E-state index in [2.05, 4.69) is 59.5 Å². The van der Waals surface area contributed by atoms with E-state index in [0.29, 0.717) is 13.2 Å². The van der Waals surface area contributed by atoms with Crippen LogP contribution in [0.25, 0.3) is 0 Å². The molecule has 0 fully saturated rings. The minimum Gasteiger partial charge on any atom is -0.493 e. The Labute approximate surface area is 202 Å². The van der Waals surface area contributed by atoms with Gasteiger partial charge in [0.05, 0.1) is 13.7 Å². The summed E-state index contributed by atoms with van der Waals surface area (Å²) in [5, 5.41) is 6.69. The van der Waals surface area contributed by atoms with Gasteiger partial charge in [-0.05, 0) is 49.8 Å². The molecule has 168 valence electrons. The van der Waals surface area contributed by atoms with Crippen molar-refractivity contribution in [3.05, 3.63) is 45.6 Å². The molecule has 1 aromatic heterocycles. The van der Waals surface area contributed by atoms with E-state index in [9.17, 15) is 0 Å². The fraction of sp³-hybridized carbons (Fsp3) is 0.500. The largest absolute Gasteiger partial charge is 0.493 e. The quantitative estimate of drug-likeness (QED) is 0.251. The Morgan fingerprint density at radius 1 is 1.07 bits per heavy atom. The third-order valence-electron chi connectivity index (χ3n) is 4.70. The Bertz CT molecular complexity index is 778. The zero-order chi connectivity index (χ0) is 21.1. The molecular formula is C22H35IN4O2S. The highest BCUT2D eigenvalue weighted by Gasteiger charge is 2.08. The molecule has 0 aliphatic heterocycles. The maximum Gasteiger partial charge on any atom is 0.191 e. The third kappa shape index (κ3) is 8.69. The molecule has 0 spiro atoms. The normalized spacial score (nSPS) is 11.2. The highest BCUT2D eigenvalue weighted by atomic mass is 127. The van der Waals surface area contributed by atoms with Gasteiger partial charge in [0, 0.05) is 29.9 Å². The SMILES string of the molecule is CCN(CC)CCOc1ccc(CNC(=NC)NCc2ccc(C)s2)cc1OC.I. The van der Waals surface area contributed by atoms with E-state index >= 15 is 0 Å². The molecule has 0 aliphatic carbocycles. The number of aliphatic imine (C=N–C) groups is 1. The number of aryl methyl sites for hydroxylation is 1. The Kier molecular flexibility index (Phi) is 12.8. The smallest absolute Gasteiger partial charge is 0.191 e. The molecule has 0 bridgehead atoms. The van der Waals surface area contributed by atoms with Gasteiger partial charge in [-0.2, -0.15) is 0 Å². The lowest BCUT2D eigenvalue weighted by atomic mass is 10.2. The van der Waals surface area contributed by atoms with Gasteiger partial charge in [0.1, 0.15) is 6.61 Å². The van der Waals surface area contributed by atoms with Gasteiger partial charge >= 0.3 is 0 Å². The average Bonchev–Trinajstić information content (AvgIpc) is 3.17. The van der Waals surface area contributed by atoms with E-state index in [0.717, 1.165) is 49.2 Å². The van der Waals surface area contributed by atoms with E-state index in [1.165, 1.54) is 9.75 Å². The Morgan fingerprint density at radius 3 is 2.40 bits per heavy atom. The number of ether oxygens (including phenoxy) is 2. The van der Waals surface area contributed by atoms with Gasteiger partial charge in [-0.15, -0.1) is 35.3 Å². The van der Waals surface area contributed by atoms with Crippen LogP contribution in [0.15, 0.2) is 35.3 Å². The van der Waals surface area contributed by atoms with Gasteiger partial charge in [-0.25, -0.2) is 0 Å². The van der Waals surface area contributed by atoms with Gasteiger partial charge in [-0.1, -0.05) is 19.9 Å². The highest BCUT2D eigenvalue weighted by Crippen LogP contribution is 2.28. The summed E-state index contributed by atoms with van der Waals surface area (Å²) in [4.78, 5) is 9.24. The van der Waals surface area contributed by atoms with Gasteiger partial charge in [0.15, 0.2) is 17.5 Å². The van der Waals surface area contributed by atoms with Crippen LogP contribution >= 0.6 is 35.3 Å². The van der Waals surface area contributed by atoms with Crippen molar-refractivity contribution in [3.8, 4) is 11.5 Å². The van der Waals surface area contributed by atoms with Crippen molar-refractivity contribution in [1.82, 2.24) is 15.5 Å². The molecule has 0 radical (unpaired) electrons. The number of benzene rings is 1. The maximum absolute atomic E-state index is 5.93. The molecule has 2 aromatic rings. The molecular weight excluding hydrogens is 511 g/mol. The molecule has 2 N–H and O–H groups in total. The lowest BCUT2D eigenvalue weighted by Crippen LogP contribution is -2.36. The van der Waals surface area contributed by atoms with Crippen molar-refractivity contribution in [3.63, 3.8) is 0 Å². The first-order chi connectivity index (χ1) is 14.1. The number of guanidine groups is 1. The summed E-state index contributed by atoms with van der Waals surface area (Å²) in [6.45, 7) is 11.5. The van der Waals surface area contributed by atoms with Crippen molar-refractivity contribution in [2.45, 2.75) is 33.9 Å². The van der Waals surface area contributed by atoms with Crippen LogP contribution < -0.4 is 20.1 Å². The molecule has 0 atom stereocenters. The summed E-state index contributed by atoms with van der Waals surface area (Å²) in [6.07, 6.45) is 0. The van der Waals surface area contributed by atoms with Crippen LogP contribution in [0, 0.1) is 6.92 Å². The Hall–Kier alpha value is -1.52. The fourth-order valence-corrected chi connectivity index (χ4v) is 3.75. The standard InChI is InChI=1S/C22H34N4O2S.HI/c1-6-26(7-2)12-13-28-20-11-9-18(14-21(20)27-5)15-24-22(23-4)25-16-19-10-8-17(3)29-19;/h8-11,14H,6-7,12-13,15-16H2,1-5H3,(H2,23,24,25);1H. The summed E-state index contributed by atoms with van der Waals surface area (Å²) in [5.74, 6) is 2.30. The Balaban J connectivity index is 0.00000450. The van der Waals surface area contributed by atoms with Crippen molar-refractivity contribution < 1.29 is 9.47 Å². The minimum atomic E-state index is 0. The average molecular weight is 547 g/mol. The van der Waals surface area contributed by atoms with Crippen molar-refractivity contribution >= 4 is 41.3 Å². The maximum atomic E-state index is 5.93. The first-order valence-electron chi connectivity index (χ1n) is 10.1. The second-order valence-electron chi connectivity index (χ2n) is 6.65. The van der Waals surface area contributed by atoms with Gasteiger partial charge in [0.2, 0.25) is 0 Å². The van der Waals surface area contributed by atoms with E-state index in [4.69, 9.17) is 9.47 Å². The molecule has 6 nitrogen and oxygen atoms in total. The van der Waals surface area contributed by atoms with Crippen LogP contribution in [0.3, 0.4) is 0 Å².